The summed E-state index contributed by atoms with van der Waals surface area (Å²) in [6.45, 7) is 5.81. The third-order valence-corrected chi connectivity index (χ3v) is 2.98. The minimum Gasteiger partial charge on any atom is -0.494 e. The predicted molar refractivity (Wildman–Crippen MR) is 56.6 cm³/mol. The largest absolute Gasteiger partial charge is 0.494 e. The van der Waals surface area contributed by atoms with Gasteiger partial charge in [0.15, 0.2) is 0 Å². The van der Waals surface area contributed by atoms with Gasteiger partial charge in [0.2, 0.25) is 0 Å². The van der Waals surface area contributed by atoms with Gasteiger partial charge in [-0.1, -0.05) is 11.6 Å². The lowest BCUT2D eigenvalue weighted by Gasteiger charge is -2.15. The van der Waals surface area contributed by atoms with E-state index in [1.807, 2.05) is 20.8 Å². The summed E-state index contributed by atoms with van der Waals surface area (Å²) in [5.74, 6) is 0.736. The molecule has 1 rings (SSSR count). The average molecular weight is 200 g/mol. The van der Waals surface area contributed by atoms with Gasteiger partial charge >= 0.3 is 0 Å². The van der Waals surface area contributed by atoms with Crippen molar-refractivity contribution in [3.8, 4) is 5.75 Å². The van der Waals surface area contributed by atoms with Crippen LogP contribution < -0.4 is 10.5 Å². The number of rotatable bonds is 1. The molecule has 0 aliphatic heterocycles. The number of ether oxygens (including phenoxy) is 1. The van der Waals surface area contributed by atoms with E-state index in [1.165, 1.54) is 0 Å². The fourth-order valence-electron chi connectivity index (χ4n) is 1.37. The number of hydrogen-bond acceptors (Lipinski definition) is 2. The first-order valence-corrected chi connectivity index (χ1v) is 4.47. The standard InChI is InChI=1S/C10H14ClNO/c1-5-6(2)10(13-4)9(12)7(3)8(5)11/h12H2,1-4H3. The molecule has 0 fully saturated rings. The highest BCUT2D eigenvalue weighted by Crippen LogP contribution is 2.37. The van der Waals surface area contributed by atoms with E-state index in [-0.39, 0.29) is 0 Å². The van der Waals surface area contributed by atoms with Crippen LogP contribution in [0.3, 0.4) is 0 Å². The summed E-state index contributed by atoms with van der Waals surface area (Å²) in [4.78, 5) is 0. The van der Waals surface area contributed by atoms with Crippen molar-refractivity contribution in [1.82, 2.24) is 0 Å². The van der Waals surface area contributed by atoms with Gasteiger partial charge in [0.1, 0.15) is 5.75 Å². The van der Waals surface area contributed by atoms with Crippen LogP contribution in [-0.4, -0.2) is 7.11 Å². The zero-order chi connectivity index (χ0) is 10.2. The highest BCUT2D eigenvalue weighted by molar-refractivity contribution is 6.32. The summed E-state index contributed by atoms with van der Waals surface area (Å²) < 4.78 is 5.21. The second-order valence-corrected chi connectivity index (χ2v) is 3.51. The van der Waals surface area contributed by atoms with Crippen LogP contribution in [0.15, 0.2) is 0 Å². The van der Waals surface area contributed by atoms with Crippen LogP contribution in [0.1, 0.15) is 16.7 Å². The predicted octanol–water partition coefficient (Wildman–Crippen LogP) is 2.86. The first-order valence-electron chi connectivity index (χ1n) is 4.09. The molecule has 2 nitrogen and oxygen atoms in total. The minimum atomic E-state index is 0.635. The second-order valence-electron chi connectivity index (χ2n) is 3.14. The molecule has 0 spiro atoms. The summed E-state index contributed by atoms with van der Waals surface area (Å²) >= 11 is 6.08. The molecule has 0 saturated heterocycles. The van der Waals surface area contributed by atoms with Gasteiger partial charge in [-0.05, 0) is 37.5 Å². The van der Waals surface area contributed by atoms with Crippen molar-refractivity contribution in [2.75, 3.05) is 12.8 Å². The van der Waals surface area contributed by atoms with Gasteiger partial charge < -0.3 is 10.5 Å². The van der Waals surface area contributed by atoms with Crippen molar-refractivity contribution < 1.29 is 4.74 Å². The Labute approximate surface area is 83.6 Å². The summed E-state index contributed by atoms with van der Waals surface area (Å²) in [6, 6.07) is 0. The Bertz CT molecular complexity index is 318. The van der Waals surface area contributed by atoms with Crippen LogP contribution in [0.4, 0.5) is 5.69 Å². The Morgan fingerprint density at radius 2 is 1.62 bits per heavy atom. The van der Waals surface area contributed by atoms with Gasteiger partial charge in [-0.2, -0.15) is 0 Å². The lowest BCUT2D eigenvalue weighted by molar-refractivity contribution is 0.413. The number of halogens is 1. The van der Waals surface area contributed by atoms with Crippen LogP contribution in [0.2, 0.25) is 5.02 Å². The molecule has 0 heterocycles. The highest BCUT2D eigenvalue weighted by atomic mass is 35.5. The molecule has 0 aromatic heterocycles. The zero-order valence-electron chi connectivity index (χ0n) is 8.36. The first-order chi connectivity index (χ1) is 6.00. The van der Waals surface area contributed by atoms with Crippen molar-refractivity contribution in [3.63, 3.8) is 0 Å². The van der Waals surface area contributed by atoms with Crippen molar-refractivity contribution in [2.45, 2.75) is 20.8 Å². The van der Waals surface area contributed by atoms with Crippen LogP contribution in [0.5, 0.6) is 5.75 Å². The molecular weight excluding hydrogens is 186 g/mol. The molecule has 72 valence electrons. The van der Waals surface area contributed by atoms with E-state index < -0.39 is 0 Å². The summed E-state index contributed by atoms with van der Waals surface area (Å²) in [5, 5.41) is 0.732. The maximum absolute atomic E-state index is 6.08. The monoisotopic (exact) mass is 199 g/mol. The number of nitrogen functional groups attached to an aromatic ring is 1. The van der Waals surface area contributed by atoms with Gasteiger partial charge in [0.25, 0.3) is 0 Å². The molecule has 1 aromatic carbocycles. The maximum Gasteiger partial charge on any atom is 0.145 e. The van der Waals surface area contributed by atoms with Gasteiger partial charge in [0, 0.05) is 5.02 Å². The number of methoxy groups -OCH3 is 1. The first kappa shape index (κ1) is 10.2. The Morgan fingerprint density at radius 1 is 1.08 bits per heavy atom. The van der Waals surface area contributed by atoms with Gasteiger partial charge in [0.05, 0.1) is 12.8 Å². The molecule has 0 bridgehead atoms. The fraction of sp³-hybridized carbons (Fsp3) is 0.400. The Hall–Kier alpha value is -0.890. The van der Waals surface area contributed by atoms with Gasteiger partial charge in [-0.15, -0.1) is 0 Å². The van der Waals surface area contributed by atoms with E-state index in [4.69, 9.17) is 22.1 Å². The molecule has 0 radical (unpaired) electrons. The van der Waals surface area contributed by atoms with Crippen LogP contribution in [0.25, 0.3) is 0 Å². The van der Waals surface area contributed by atoms with Crippen LogP contribution >= 0.6 is 11.6 Å². The van der Waals surface area contributed by atoms with Gasteiger partial charge in [-0.25, -0.2) is 0 Å². The molecule has 0 aliphatic rings. The van der Waals surface area contributed by atoms with E-state index in [1.54, 1.807) is 7.11 Å². The summed E-state index contributed by atoms with van der Waals surface area (Å²) in [7, 11) is 1.62. The highest BCUT2D eigenvalue weighted by Gasteiger charge is 2.13. The Balaban J connectivity index is 3.56. The number of nitrogens with two attached hydrogens (primary N) is 1. The van der Waals surface area contributed by atoms with Gasteiger partial charge in [-0.3, -0.25) is 0 Å². The molecule has 3 heteroatoms. The maximum atomic E-state index is 6.08. The lowest BCUT2D eigenvalue weighted by atomic mass is 10.0. The zero-order valence-corrected chi connectivity index (χ0v) is 9.12. The second kappa shape index (κ2) is 3.46. The molecule has 13 heavy (non-hydrogen) atoms. The number of benzene rings is 1. The van der Waals surface area contributed by atoms with E-state index in [9.17, 15) is 0 Å². The molecule has 2 N–H and O–H groups in total. The van der Waals surface area contributed by atoms with Crippen molar-refractivity contribution in [2.24, 2.45) is 0 Å². The van der Waals surface area contributed by atoms with E-state index in [0.29, 0.717) is 5.69 Å². The third-order valence-electron chi connectivity index (χ3n) is 2.41. The summed E-state index contributed by atoms with van der Waals surface area (Å²) in [6.07, 6.45) is 0. The van der Waals surface area contributed by atoms with Crippen molar-refractivity contribution in [3.05, 3.63) is 21.7 Å². The van der Waals surface area contributed by atoms with E-state index in [2.05, 4.69) is 0 Å². The molecular formula is C10H14ClNO. The number of hydrogen-bond donors (Lipinski definition) is 1. The minimum absolute atomic E-state index is 0.635. The molecule has 0 unspecified atom stereocenters. The summed E-state index contributed by atoms with van der Waals surface area (Å²) in [5.41, 5.74) is 9.42. The normalized spacial score (nSPS) is 10.2. The quantitative estimate of drug-likeness (QED) is 0.706. The molecule has 0 amide bonds. The molecule has 0 aliphatic carbocycles. The fourth-order valence-corrected chi connectivity index (χ4v) is 1.61. The van der Waals surface area contributed by atoms with Crippen molar-refractivity contribution in [1.29, 1.82) is 0 Å². The van der Waals surface area contributed by atoms with Crippen LogP contribution in [0, 0.1) is 20.8 Å². The smallest absolute Gasteiger partial charge is 0.145 e. The van der Waals surface area contributed by atoms with E-state index in [0.717, 1.165) is 27.5 Å². The molecule has 1 aromatic rings. The SMILES string of the molecule is COc1c(C)c(C)c(Cl)c(C)c1N. The third kappa shape index (κ3) is 1.46. The molecule has 0 saturated carbocycles. The Morgan fingerprint density at radius 3 is 2.08 bits per heavy atom. The average Bonchev–Trinajstić information content (AvgIpc) is 2.13. The Kier molecular flexibility index (Phi) is 2.71. The number of anilines is 1. The lowest BCUT2D eigenvalue weighted by Crippen LogP contribution is -2.00. The van der Waals surface area contributed by atoms with E-state index >= 15 is 0 Å². The molecule has 0 atom stereocenters. The van der Waals surface area contributed by atoms with Crippen LogP contribution in [-0.2, 0) is 0 Å². The topological polar surface area (TPSA) is 35.2 Å². The van der Waals surface area contributed by atoms with Crippen molar-refractivity contribution >= 4 is 17.3 Å².